The van der Waals surface area contributed by atoms with E-state index in [0.29, 0.717) is 81.0 Å². The predicted molar refractivity (Wildman–Crippen MR) is 305 cm³/mol. The van der Waals surface area contributed by atoms with Gasteiger partial charge in [0.2, 0.25) is 17.7 Å². The van der Waals surface area contributed by atoms with Crippen LogP contribution in [-0.4, -0.2) is 135 Å². The van der Waals surface area contributed by atoms with Gasteiger partial charge in [0.25, 0.3) is 11.8 Å². The van der Waals surface area contributed by atoms with Crippen LogP contribution in [0.25, 0.3) is 11.4 Å². The van der Waals surface area contributed by atoms with Gasteiger partial charge in [-0.2, -0.15) is 0 Å². The first-order valence-corrected chi connectivity index (χ1v) is 29.6. The number of hydrogen-bond acceptors (Lipinski definition) is 9. The van der Waals surface area contributed by atoms with Crippen molar-refractivity contribution in [1.82, 2.24) is 40.2 Å². The molecule has 4 heterocycles. The quantitative estimate of drug-likeness (QED) is 0.0696. The first kappa shape index (κ1) is 57.9. The van der Waals surface area contributed by atoms with Crippen LogP contribution < -0.4 is 10.6 Å². The summed E-state index contributed by atoms with van der Waals surface area (Å²) in [5, 5.41) is 6.27. The van der Waals surface area contributed by atoms with Gasteiger partial charge in [-0.05, 0) is 132 Å². The maximum Gasteiger partial charge on any atom is 0.255 e. The minimum absolute atomic E-state index is 0.0292. The van der Waals surface area contributed by atoms with Crippen molar-refractivity contribution in [3.63, 3.8) is 0 Å². The molecule has 2 N–H and O–H groups in total. The summed E-state index contributed by atoms with van der Waals surface area (Å²) < 4.78 is 0. The van der Waals surface area contributed by atoms with E-state index in [1.807, 2.05) is 76.8 Å². The van der Waals surface area contributed by atoms with Crippen LogP contribution in [0.2, 0.25) is 0 Å². The summed E-state index contributed by atoms with van der Waals surface area (Å²) >= 11 is 0. The smallest absolute Gasteiger partial charge is 0.255 e. The van der Waals surface area contributed by atoms with Gasteiger partial charge in [-0.3, -0.25) is 38.7 Å². The molecule has 78 heavy (non-hydrogen) atoms. The van der Waals surface area contributed by atoms with Gasteiger partial charge in [0, 0.05) is 82.0 Å². The van der Waals surface area contributed by atoms with Gasteiger partial charge in [-0.25, -0.2) is 0 Å². The maximum absolute atomic E-state index is 14.7. The van der Waals surface area contributed by atoms with Gasteiger partial charge in [0.05, 0.1) is 28.6 Å². The van der Waals surface area contributed by atoms with Gasteiger partial charge in [-0.1, -0.05) is 113 Å². The third-order valence-corrected chi connectivity index (χ3v) is 17.7. The van der Waals surface area contributed by atoms with Crippen molar-refractivity contribution in [3.8, 4) is 11.4 Å². The van der Waals surface area contributed by atoms with Gasteiger partial charge in [0.15, 0.2) is 0 Å². The number of aromatic nitrogens is 2. The number of nitrogens with one attached hydrogen (secondary N) is 2. The van der Waals surface area contributed by atoms with Gasteiger partial charge >= 0.3 is 0 Å². The van der Waals surface area contributed by atoms with E-state index in [4.69, 9.17) is 9.97 Å². The Morgan fingerprint density at radius 3 is 1.51 bits per heavy atom. The van der Waals surface area contributed by atoms with Crippen LogP contribution in [0.3, 0.4) is 0 Å². The number of hydrogen-bond donors (Lipinski definition) is 2. The second-order valence-electron chi connectivity index (χ2n) is 22.9. The van der Waals surface area contributed by atoms with Gasteiger partial charge in [0.1, 0.15) is 11.8 Å². The lowest BCUT2D eigenvalue weighted by Gasteiger charge is -2.37. The van der Waals surface area contributed by atoms with E-state index in [-0.39, 0.29) is 83.5 Å². The van der Waals surface area contributed by atoms with Crippen LogP contribution in [0.1, 0.15) is 155 Å². The number of rotatable bonds is 24. The van der Waals surface area contributed by atoms with Gasteiger partial charge < -0.3 is 30.2 Å². The number of nitrogens with zero attached hydrogens (tertiary/aromatic N) is 6. The van der Waals surface area contributed by atoms with Crippen molar-refractivity contribution in [2.24, 2.45) is 23.7 Å². The highest BCUT2D eigenvalue weighted by Gasteiger charge is 2.42. The number of ketones is 1. The number of carbonyl (C=O) groups is 6. The Hall–Kier alpha value is -6.28. The van der Waals surface area contributed by atoms with E-state index in [1.165, 1.54) is 0 Å². The van der Waals surface area contributed by atoms with E-state index in [2.05, 4.69) is 34.9 Å². The number of benzene rings is 2. The van der Waals surface area contributed by atoms with E-state index >= 15 is 0 Å². The van der Waals surface area contributed by atoms with Crippen molar-refractivity contribution in [3.05, 3.63) is 120 Å². The topological polar surface area (TPSA) is 165 Å². The van der Waals surface area contributed by atoms with Crippen LogP contribution in [0, 0.1) is 23.7 Å². The van der Waals surface area contributed by atoms with Crippen molar-refractivity contribution >= 4 is 35.3 Å². The fourth-order valence-electron chi connectivity index (χ4n) is 12.5. The molecule has 8 rings (SSSR count). The molecule has 2 saturated carbocycles. The molecule has 4 fully saturated rings. The second-order valence-corrected chi connectivity index (χ2v) is 22.9. The largest absolute Gasteiger partial charge is 0.344 e. The summed E-state index contributed by atoms with van der Waals surface area (Å²) in [6.07, 6.45) is 18.9. The zero-order valence-corrected chi connectivity index (χ0v) is 47.0. The molecule has 0 bridgehead atoms. The standard InChI is InChI=1S/C64H86N8O6/c1-5-45(2)60(74)68-59(50-26-16-9-17-27-50)64(78)72-37-19-29-54(72)44-70(39-35-48-22-12-7-13-23-48)62(76)52-31-33-57(67-42-52)56-32-30-51(41-66-56)61(75)69(38-34-47-20-10-6-11-21-47)43-53-28-18-36-71(53)63(77)55(40-58(73)46(3)65-4)49-24-14-8-15-25-49/h6-7,10-13,20-23,30-33,41-42,45-46,49-50,53-55,59,65H,5,8-9,14-19,24-29,34-40,43-44H2,1-4H3,(H,68,74)/t45-,46+,53+,54+,55+,59+/m1/s1. The molecule has 5 amide bonds. The zero-order valence-electron chi connectivity index (χ0n) is 47.0. The molecule has 6 atom stereocenters. The number of likely N-dealkylation sites (tertiary alicyclic amines) is 2. The van der Waals surface area contributed by atoms with E-state index in [0.717, 1.165) is 101 Å². The Morgan fingerprint density at radius 1 is 0.590 bits per heavy atom. The number of Topliss-reactive ketones (excluding diaryl/α,β-unsaturated/α-hetero) is 1. The molecule has 4 aliphatic rings. The molecule has 2 aliphatic carbocycles. The highest BCUT2D eigenvalue weighted by atomic mass is 16.2. The first-order chi connectivity index (χ1) is 37.9. The highest BCUT2D eigenvalue weighted by Crippen LogP contribution is 2.36. The van der Waals surface area contributed by atoms with Crippen molar-refractivity contribution in [1.29, 1.82) is 0 Å². The normalized spacial score (nSPS) is 19.6. The molecule has 2 aromatic carbocycles. The SMILES string of the molecule is CC[C@@H](C)C(=O)N[C@H](C(=O)N1CCC[C@H]1CN(CCc1ccccc1)C(=O)c1ccc(-c2ccc(C(=O)N(CCc3ccccc3)C[C@@H]3CCCN3C(=O)[C@@H](CC(=O)[C@H](C)NC)C3CCCCC3)cn2)nc1)C1CCCCC1. The summed E-state index contributed by atoms with van der Waals surface area (Å²) in [5.74, 6) is -0.595. The Kier molecular flexibility index (Phi) is 21.2. The molecule has 0 unspecified atom stereocenters. The molecule has 14 heteroatoms. The fraction of sp³-hybridized carbons (Fsp3) is 0.562. The Labute approximate surface area is 463 Å². The molecule has 14 nitrogen and oxygen atoms in total. The van der Waals surface area contributed by atoms with Crippen LogP contribution in [-0.2, 0) is 32.0 Å². The summed E-state index contributed by atoms with van der Waals surface area (Å²) in [5.41, 5.74) is 4.18. The average Bonchev–Trinajstić information content (AvgIpc) is 4.21. The molecule has 4 aromatic rings. The molecule has 2 saturated heterocycles. The first-order valence-electron chi connectivity index (χ1n) is 29.6. The lowest BCUT2D eigenvalue weighted by Crippen LogP contribution is -2.56. The maximum atomic E-state index is 14.7. The van der Waals surface area contributed by atoms with Crippen molar-refractivity contribution in [2.45, 2.75) is 161 Å². The lowest BCUT2D eigenvalue weighted by molar-refractivity contribution is -0.141. The minimum Gasteiger partial charge on any atom is -0.344 e. The fourth-order valence-corrected chi connectivity index (χ4v) is 12.5. The van der Waals surface area contributed by atoms with Crippen LogP contribution in [0.15, 0.2) is 97.3 Å². The Bertz CT molecular complexity index is 2410. The third kappa shape index (κ3) is 15.1. The summed E-state index contributed by atoms with van der Waals surface area (Å²) in [6, 6.07) is 26.1. The number of likely N-dealkylation sites (N-methyl/N-ethyl adjacent to an activating group) is 1. The van der Waals surface area contributed by atoms with E-state index in [1.54, 1.807) is 43.7 Å². The van der Waals surface area contributed by atoms with Crippen LogP contribution in [0.4, 0.5) is 0 Å². The number of carbonyl (C=O) groups excluding carboxylic acids is 6. The minimum atomic E-state index is -0.571. The Balaban J connectivity index is 0.969. The van der Waals surface area contributed by atoms with E-state index < -0.39 is 6.04 Å². The number of pyridine rings is 2. The molecular formula is C64H86N8O6. The highest BCUT2D eigenvalue weighted by molar-refractivity contribution is 5.95. The second kappa shape index (κ2) is 28.6. The van der Waals surface area contributed by atoms with Crippen LogP contribution >= 0.6 is 0 Å². The van der Waals surface area contributed by atoms with Gasteiger partial charge in [-0.15, -0.1) is 0 Å². The average molecular weight is 1060 g/mol. The summed E-state index contributed by atoms with van der Waals surface area (Å²) in [6.45, 7) is 8.63. The number of amides is 5. The van der Waals surface area contributed by atoms with E-state index in [9.17, 15) is 28.8 Å². The lowest BCUT2D eigenvalue weighted by atomic mass is 9.76. The third-order valence-electron chi connectivity index (χ3n) is 17.7. The molecule has 0 spiro atoms. The zero-order chi connectivity index (χ0) is 55.0. The molecular weight excluding hydrogens is 977 g/mol. The van der Waals surface area contributed by atoms with Crippen molar-refractivity contribution in [2.75, 3.05) is 46.3 Å². The molecule has 2 aromatic heterocycles. The molecule has 0 radical (unpaired) electrons. The van der Waals surface area contributed by atoms with Crippen molar-refractivity contribution < 1.29 is 28.8 Å². The molecule has 418 valence electrons. The molecule has 2 aliphatic heterocycles. The monoisotopic (exact) mass is 1060 g/mol. The predicted octanol–water partition coefficient (Wildman–Crippen LogP) is 9.37. The van der Waals surface area contributed by atoms with Crippen LogP contribution in [0.5, 0.6) is 0 Å². The summed E-state index contributed by atoms with van der Waals surface area (Å²) in [7, 11) is 1.78. The summed E-state index contributed by atoms with van der Waals surface area (Å²) in [4.78, 5) is 102. The Morgan fingerprint density at radius 2 is 1.06 bits per heavy atom.